The highest BCUT2D eigenvalue weighted by Crippen LogP contribution is 2.45. The summed E-state index contributed by atoms with van der Waals surface area (Å²) in [5.74, 6) is -0.784. The molecule has 1 unspecified atom stereocenters. The molecule has 0 spiro atoms. The van der Waals surface area contributed by atoms with Gasteiger partial charge in [-0.05, 0) is 88.1 Å². The first kappa shape index (κ1) is 23.7. The summed E-state index contributed by atoms with van der Waals surface area (Å²) in [4.78, 5) is 40.5. The van der Waals surface area contributed by atoms with Gasteiger partial charge in [0, 0.05) is 22.8 Å². The molecule has 1 fully saturated rings. The summed E-state index contributed by atoms with van der Waals surface area (Å²) in [5.41, 5.74) is 3.01. The molecule has 1 aromatic rings. The number of anilines is 1. The number of hydrogen-bond acceptors (Lipinski definition) is 6. The summed E-state index contributed by atoms with van der Waals surface area (Å²) < 4.78 is 5.05. The van der Waals surface area contributed by atoms with E-state index in [-0.39, 0.29) is 16.5 Å². The number of fused-ring (bicyclic) bond motifs is 1. The number of thioether (sulfide) groups is 1. The molecule has 1 atom stereocenters. The number of carbonyl (C=O) groups is 3. The highest BCUT2D eigenvalue weighted by Gasteiger charge is 2.38. The van der Waals surface area contributed by atoms with Crippen LogP contribution in [0, 0.1) is 0 Å². The van der Waals surface area contributed by atoms with Crippen molar-refractivity contribution in [1.29, 1.82) is 0 Å². The summed E-state index contributed by atoms with van der Waals surface area (Å²) >= 11 is 7.41. The molecule has 2 aliphatic heterocycles. The first-order valence-electron chi connectivity index (χ1n) is 10.5. The Balaban J connectivity index is 1.91. The van der Waals surface area contributed by atoms with Crippen molar-refractivity contribution in [1.82, 2.24) is 4.90 Å². The Morgan fingerprint density at radius 2 is 2.03 bits per heavy atom. The Morgan fingerprint density at radius 3 is 2.65 bits per heavy atom. The highest BCUT2D eigenvalue weighted by atomic mass is 35.5. The Morgan fingerprint density at radius 1 is 1.35 bits per heavy atom. The Kier molecular flexibility index (Phi) is 6.77. The molecule has 2 aliphatic rings. The Bertz CT molecular complexity index is 957. The molecule has 0 bridgehead atoms. The van der Waals surface area contributed by atoms with Gasteiger partial charge in [-0.3, -0.25) is 19.3 Å². The molecular formula is C23H29ClN2O4S. The van der Waals surface area contributed by atoms with Crippen LogP contribution in [-0.2, 0) is 14.3 Å². The van der Waals surface area contributed by atoms with E-state index in [1.54, 1.807) is 19.9 Å². The normalized spacial score (nSPS) is 21.8. The van der Waals surface area contributed by atoms with E-state index in [0.717, 1.165) is 35.3 Å². The predicted octanol–water partition coefficient (Wildman–Crippen LogP) is 5.44. The second-order valence-corrected chi connectivity index (χ2v) is 10.3. The molecule has 0 saturated carbocycles. The van der Waals surface area contributed by atoms with Crippen LogP contribution in [-0.4, -0.2) is 46.7 Å². The zero-order valence-electron chi connectivity index (χ0n) is 18.8. The average Bonchev–Trinajstić information content (AvgIpc) is 2.89. The summed E-state index contributed by atoms with van der Waals surface area (Å²) in [5, 5.41) is 0.0337. The number of carbonyl (C=O) groups excluding carboxylic acids is 3. The molecule has 0 N–H and O–H groups in total. The lowest BCUT2D eigenvalue weighted by atomic mass is 9.79. The van der Waals surface area contributed by atoms with Gasteiger partial charge in [-0.15, -0.1) is 0 Å². The van der Waals surface area contributed by atoms with E-state index in [9.17, 15) is 14.4 Å². The summed E-state index contributed by atoms with van der Waals surface area (Å²) in [6.07, 6.45) is 2.33. The van der Waals surface area contributed by atoms with Crippen LogP contribution in [0.5, 0.6) is 0 Å². The number of nitrogens with zero attached hydrogens (tertiary/aromatic N) is 2. The molecule has 1 saturated heterocycles. The first-order valence-corrected chi connectivity index (χ1v) is 11.7. The molecule has 8 heteroatoms. The van der Waals surface area contributed by atoms with E-state index < -0.39 is 23.7 Å². The molecular weight excluding hydrogens is 436 g/mol. The van der Waals surface area contributed by atoms with Crippen LogP contribution in [0.4, 0.5) is 10.5 Å². The van der Waals surface area contributed by atoms with E-state index >= 15 is 0 Å². The van der Waals surface area contributed by atoms with Crippen molar-refractivity contribution in [2.24, 2.45) is 0 Å². The Hall–Kier alpha value is -1.99. The van der Waals surface area contributed by atoms with Crippen LogP contribution < -0.4 is 4.90 Å². The summed E-state index contributed by atoms with van der Waals surface area (Å²) in [6, 6.07) is 3.97. The van der Waals surface area contributed by atoms with Gasteiger partial charge in [0.2, 0.25) is 0 Å². The number of esters is 1. The van der Waals surface area contributed by atoms with Crippen LogP contribution in [0.15, 0.2) is 17.0 Å². The molecule has 168 valence electrons. The summed E-state index contributed by atoms with van der Waals surface area (Å²) in [7, 11) is 0. The molecule has 2 heterocycles. The first-order chi connectivity index (χ1) is 14.4. The van der Waals surface area contributed by atoms with Crippen molar-refractivity contribution >= 4 is 52.2 Å². The number of benzene rings is 1. The van der Waals surface area contributed by atoms with Gasteiger partial charge in [0.15, 0.2) is 0 Å². The SMILES string of the molecule is CCN1c2cc(Cl)c(/C=C3\SC(=O)N(CC(=O)OC(C)C)C3=O)cc2C(C)CC1(C)C. The van der Waals surface area contributed by atoms with Gasteiger partial charge in [-0.2, -0.15) is 0 Å². The topological polar surface area (TPSA) is 66.9 Å². The minimum Gasteiger partial charge on any atom is -0.462 e. The van der Waals surface area contributed by atoms with E-state index in [0.29, 0.717) is 16.5 Å². The molecule has 0 radical (unpaired) electrons. The number of imide groups is 1. The monoisotopic (exact) mass is 464 g/mol. The summed E-state index contributed by atoms with van der Waals surface area (Å²) in [6.45, 7) is 12.7. The van der Waals surface area contributed by atoms with Gasteiger partial charge in [0.25, 0.3) is 11.1 Å². The van der Waals surface area contributed by atoms with Crippen LogP contribution in [0.25, 0.3) is 6.08 Å². The fourth-order valence-corrected chi connectivity index (χ4v) is 5.48. The standard InChI is InChI=1S/C23H29ClN2O4S/c1-7-26-18-10-17(24)15(8-16(18)14(4)11-23(26,5)6)9-19-21(28)25(22(29)31-19)12-20(27)30-13(2)3/h8-10,13-14H,7,11-12H2,1-6H3/b19-9-. The third-order valence-corrected chi connectivity index (χ3v) is 6.87. The van der Waals surface area contributed by atoms with Crippen molar-refractivity contribution in [3.05, 3.63) is 33.2 Å². The highest BCUT2D eigenvalue weighted by molar-refractivity contribution is 8.18. The minimum atomic E-state index is -0.610. The third kappa shape index (κ3) is 4.77. The number of rotatable bonds is 5. The van der Waals surface area contributed by atoms with E-state index in [4.69, 9.17) is 16.3 Å². The van der Waals surface area contributed by atoms with Crippen molar-refractivity contribution in [2.45, 2.75) is 65.5 Å². The number of hydrogen-bond donors (Lipinski definition) is 0. The fraction of sp³-hybridized carbons (Fsp3) is 0.522. The van der Waals surface area contributed by atoms with Crippen LogP contribution in [0.1, 0.15) is 65.0 Å². The predicted molar refractivity (Wildman–Crippen MR) is 125 cm³/mol. The third-order valence-electron chi connectivity index (χ3n) is 5.63. The van der Waals surface area contributed by atoms with E-state index in [1.807, 2.05) is 12.1 Å². The van der Waals surface area contributed by atoms with E-state index in [2.05, 4.69) is 32.6 Å². The van der Waals surface area contributed by atoms with Crippen molar-refractivity contribution in [3.63, 3.8) is 0 Å². The second-order valence-electron chi connectivity index (χ2n) is 8.90. The van der Waals surface area contributed by atoms with Crippen molar-refractivity contribution < 1.29 is 19.1 Å². The zero-order chi connectivity index (χ0) is 23.1. The van der Waals surface area contributed by atoms with Crippen LogP contribution in [0.3, 0.4) is 0 Å². The largest absolute Gasteiger partial charge is 0.462 e. The molecule has 0 aromatic heterocycles. The minimum absolute atomic E-state index is 0.0270. The van der Waals surface area contributed by atoms with E-state index in [1.165, 1.54) is 5.56 Å². The van der Waals surface area contributed by atoms with Gasteiger partial charge in [-0.25, -0.2) is 0 Å². The van der Waals surface area contributed by atoms with Crippen LogP contribution >= 0.6 is 23.4 Å². The fourth-order valence-electron chi connectivity index (χ4n) is 4.44. The van der Waals surface area contributed by atoms with Gasteiger partial charge >= 0.3 is 5.97 Å². The maximum absolute atomic E-state index is 12.7. The lowest BCUT2D eigenvalue weighted by Gasteiger charge is -2.47. The maximum Gasteiger partial charge on any atom is 0.326 e. The van der Waals surface area contributed by atoms with Gasteiger partial charge in [-0.1, -0.05) is 18.5 Å². The van der Waals surface area contributed by atoms with Gasteiger partial charge in [0.1, 0.15) is 6.54 Å². The van der Waals surface area contributed by atoms with Crippen LogP contribution in [0.2, 0.25) is 5.02 Å². The molecule has 1 aromatic carbocycles. The van der Waals surface area contributed by atoms with Crippen molar-refractivity contribution in [3.8, 4) is 0 Å². The maximum atomic E-state index is 12.7. The van der Waals surface area contributed by atoms with Gasteiger partial charge in [0.05, 0.1) is 11.0 Å². The number of ether oxygens (including phenoxy) is 1. The second kappa shape index (κ2) is 8.87. The molecule has 0 aliphatic carbocycles. The van der Waals surface area contributed by atoms with Crippen molar-refractivity contribution in [2.75, 3.05) is 18.0 Å². The molecule has 3 rings (SSSR count). The molecule has 6 nitrogen and oxygen atoms in total. The van der Waals surface area contributed by atoms with Gasteiger partial charge < -0.3 is 9.64 Å². The molecule has 31 heavy (non-hydrogen) atoms. The number of halogens is 1. The lowest BCUT2D eigenvalue weighted by Crippen LogP contribution is -2.48. The Labute approximate surface area is 192 Å². The quantitative estimate of drug-likeness (QED) is 0.427. The lowest BCUT2D eigenvalue weighted by molar-refractivity contribution is -0.149. The smallest absolute Gasteiger partial charge is 0.326 e. The molecule has 2 amide bonds. The average molecular weight is 465 g/mol. The zero-order valence-corrected chi connectivity index (χ0v) is 20.4. The number of amides is 2.